The lowest BCUT2D eigenvalue weighted by atomic mass is 10.0. The van der Waals surface area contributed by atoms with Crippen LogP contribution in [-0.2, 0) is 6.42 Å². The van der Waals surface area contributed by atoms with Crippen LogP contribution in [0.3, 0.4) is 0 Å². The molecule has 6 nitrogen and oxygen atoms in total. The Morgan fingerprint density at radius 2 is 1.75 bits per heavy atom. The van der Waals surface area contributed by atoms with Gasteiger partial charge in [-0.3, -0.25) is 4.79 Å². The Kier molecular flexibility index (Phi) is 15.0. The molecular weight excluding hydrogens is 590 g/mol. The number of carbonyl (C=O) groups excluding carboxylic acids is 1. The van der Waals surface area contributed by atoms with E-state index in [-0.39, 0.29) is 28.8 Å². The Balaban J connectivity index is 0.000000775. The second-order valence-corrected chi connectivity index (χ2v) is 10.4. The fourth-order valence-corrected chi connectivity index (χ4v) is 3.83. The summed E-state index contributed by atoms with van der Waals surface area (Å²) in [5.41, 5.74) is 5.48. The number of benzene rings is 2. The Bertz CT molecular complexity index is 1280. The molecule has 214 valence electrons. The highest BCUT2D eigenvalue weighted by molar-refractivity contribution is 9.12. The molecule has 1 aliphatic heterocycles. The number of nitrogens with zero attached hydrogens (tertiary/aromatic N) is 2. The summed E-state index contributed by atoms with van der Waals surface area (Å²) in [5, 5.41) is 15.4. The molecule has 2 aromatic rings. The van der Waals surface area contributed by atoms with Crippen molar-refractivity contribution in [1.82, 2.24) is 10.2 Å². The van der Waals surface area contributed by atoms with Crippen molar-refractivity contribution in [3.05, 3.63) is 123 Å². The lowest BCUT2D eigenvalue weighted by molar-refractivity contribution is 0.0940. The van der Waals surface area contributed by atoms with Crippen molar-refractivity contribution in [2.24, 2.45) is 5.18 Å². The number of amides is 1. The fourth-order valence-electron chi connectivity index (χ4n) is 3.29. The van der Waals surface area contributed by atoms with Gasteiger partial charge >= 0.3 is 0 Å². The van der Waals surface area contributed by atoms with Gasteiger partial charge in [-0.15, -0.1) is 0 Å². The summed E-state index contributed by atoms with van der Waals surface area (Å²) in [6, 6.07) is 12.5. The lowest BCUT2D eigenvalue weighted by Gasteiger charge is -2.22. The zero-order valence-electron chi connectivity index (χ0n) is 24.0. The Morgan fingerprint density at radius 1 is 1.15 bits per heavy atom. The second kappa shape index (κ2) is 17.3. The van der Waals surface area contributed by atoms with Crippen LogP contribution >= 0.6 is 27.5 Å². The summed E-state index contributed by atoms with van der Waals surface area (Å²) < 4.78 is 0.958. The predicted molar refractivity (Wildman–Crippen MR) is 172 cm³/mol. The molecule has 8 heteroatoms. The monoisotopic (exact) mass is 627 g/mol. The van der Waals surface area contributed by atoms with E-state index in [1.54, 1.807) is 19.9 Å². The van der Waals surface area contributed by atoms with Crippen molar-refractivity contribution in [3.63, 3.8) is 0 Å². The molecule has 0 saturated carbocycles. The van der Waals surface area contributed by atoms with Crippen LogP contribution in [0.5, 0.6) is 5.75 Å². The molecule has 3 rings (SSSR count). The van der Waals surface area contributed by atoms with Gasteiger partial charge in [0.05, 0.1) is 10.7 Å². The molecule has 1 unspecified atom stereocenters. The van der Waals surface area contributed by atoms with Crippen molar-refractivity contribution >= 4 is 39.0 Å². The minimum atomic E-state index is -0.222. The number of hydrogen-bond donors (Lipinski definition) is 2. The Labute approximate surface area is 251 Å². The molecule has 0 saturated heterocycles. The zero-order valence-corrected chi connectivity index (χ0v) is 26.4. The molecule has 0 aromatic heterocycles. The third-order valence-electron chi connectivity index (χ3n) is 5.82. The first-order valence-corrected chi connectivity index (χ1v) is 14.2. The average molecular weight is 629 g/mol. The Hall–Kier alpha value is -3.42. The number of phenolic OH excluding ortho intramolecular Hbond substituents is 1. The molecule has 1 heterocycles. The third kappa shape index (κ3) is 11.0. The highest BCUT2D eigenvalue weighted by atomic mass is 79.9. The number of nitrogens with one attached hydrogen (secondary N) is 1. The van der Waals surface area contributed by atoms with E-state index in [4.69, 9.17) is 11.6 Å². The number of rotatable bonds is 8. The number of aromatic hydroxyl groups is 1. The molecule has 0 spiro atoms. The topological polar surface area (TPSA) is 82.0 Å². The summed E-state index contributed by atoms with van der Waals surface area (Å²) in [4.78, 5) is 24.0. The minimum absolute atomic E-state index is 0.0413. The standard InChI is InChI=1S/C25H24BrClN2O2.C5H9NO.C2H6/c1-16(15-29-12-4-5-22(26)18(29)3)20-8-6-19(7-9-20)13-17(2)28-25(31)21-10-11-24(30)23(27)14-21;1-4(2)5(3)6-7;1-2/h4-12,14-15,17,30H,3,13H2,1-2H3,(H,28,31);5H,1H2,2-3H3;1-2H3/b16-15+;;/t17-;;/m1../s1. The van der Waals surface area contributed by atoms with E-state index in [1.807, 2.05) is 50.2 Å². The van der Waals surface area contributed by atoms with Crippen LogP contribution in [0.15, 0.2) is 101 Å². The van der Waals surface area contributed by atoms with E-state index < -0.39 is 0 Å². The highest BCUT2D eigenvalue weighted by Gasteiger charge is 2.13. The fraction of sp³-hybridized carbons (Fsp3) is 0.281. The van der Waals surface area contributed by atoms with Crippen LogP contribution in [0.2, 0.25) is 5.02 Å². The number of phenols is 1. The van der Waals surface area contributed by atoms with Crippen LogP contribution in [-0.4, -0.2) is 28.0 Å². The molecule has 40 heavy (non-hydrogen) atoms. The van der Waals surface area contributed by atoms with Gasteiger partial charge in [0.15, 0.2) is 0 Å². The summed E-state index contributed by atoms with van der Waals surface area (Å²) in [5.74, 6) is -0.264. The normalized spacial score (nSPS) is 14.0. The van der Waals surface area contributed by atoms with E-state index in [2.05, 4.69) is 70.8 Å². The molecule has 0 fully saturated rings. The quantitative estimate of drug-likeness (QED) is 0.226. The van der Waals surface area contributed by atoms with E-state index in [1.165, 1.54) is 12.1 Å². The van der Waals surface area contributed by atoms with Crippen LogP contribution < -0.4 is 5.32 Å². The van der Waals surface area contributed by atoms with Gasteiger partial charge in [-0.1, -0.05) is 73.6 Å². The van der Waals surface area contributed by atoms with Crippen LogP contribution in [0.25, 0.3) is 5.57 Å². The number of nitroso groups, excluding NO2 is 1. The zero-order chi connectivity index (χ0) is 30.4. The van der Waals surface area contributed by atoms with Crippen molar-refractivity contribution in [2.45, 2.75) is 60.0 Å². The summed E-state index contributed by atoms with van der Waals surface area (Å²) >= 11 is 9.39. The van der Waals surface area contributed by atoms with Gasteiger partial charge in [0.2, 0.25) is 0 Å². The molecule has 0 aliphatic carbocycles. The van der Waals surface area contributed by atoms with E-state index >= 15 is 0 Å². The molecule has 2 aromatic carbocycles. The van der Waals surface area contributed by atoms with E-state index in [9.17, 15) is 14.8 Å². The smallest absolute Gasteiger partial charge is 0.251 e. The van der Waals surface area contributed by atoms with Gasteiger partial charge in [0.1, 0.15) is 11.8 Å². The van der Waals surface area contributed by atoms with Crippen molar-refractivity contribution < 1.29 is 9.90 Å². The SMILES string of the molecule is C=C(C)C(C)N=O.C=C1C(Br)=CC=CN1/C=C(\C)c1ccc(C[C@@H](C)NC(=O)c2ccc(O)c(Cl)c2)cc1.CC. The minimum Gasteiger partial charge on any atom is -0.506 e. The average Bonchev–Trinajstić information content (AvgIpc) is 2.93. The Morgan fingerprint density at radius 3 is 2.27 bits per heavy atom. The summed E-state index contributed by atoms with van der Waals surface area (Å²) in [6.45, 7) is 19.1. The van der Waals surface area contributed by atoms with Crippen molar-refractivity contribution in [3.8, 4) is 5.75 Å². The van der Waals surface area contributed by atoms with Gasteiger partial charge in [0, 0.05) is 28.5 Å². The molecular formula is C32H39BrClN3O3. The molecule has 0 bridgehead atoms. The second-order valence-electron chi connectivity index (χ2n) is 9.09. The third-order valence-corrected chi connectivity index (χ3v) is 6.84. The highest BCUT2D eigenvalue weighted by Crippen LogP contribution is 2.27. The molecule has 0 radical (unpaired) electrons. The van der Waals surface area contributed by atoms with Crippen molar-refractivity contribution in [2.75, 3.05) is 0 Å². The molecule has 2 N–H and O–H groups in total. The maximum atomic E-state index is 12.4. The van der Waals surface area contributed by atoms with Crippen LogP contribution in [0, 0.1) is 4.91 Å². The number of allylic oxidation sites excluding steroid dienone is 4. The molecule has 1 amide bonds. The predicted octanol–water partition coefficient (Wildman–Crippen LogP) is 9.13. The first kappa shape index (κ1) is 34.6. The molecule has 2 atom stereocenters. The van der Waals surface area contributed by atoms with Gasteiger partial charge < -0.3 is 15.3 Å². The summed E-state index contributed by atoms with van der Waals surface area (Å²) in [7, 11) is 0. The van der Waals surface area contributed by atoms with Crippen LogP contribution in [0.4, 0.5) is 0 Å². The van der Waals surface area contributed by atoms with Crippen LogP contribution in [0.1, 0.15) is 63.0 Å². The largest absolute Gasteiger partial charge is 0.506 e. The first-order valence-electron chi connectivity index (χ1n) is 13.0. The number of carbonyl (C=O) groups is 1. The van der Waals surface area contributed by atoms with Gasteiger partial charge in [-0.2, -0.15) is 4.91 Å². The van der Waals surface area contributed by atoms with Gasteiger partial charge in [0.25, 0.3) is 5.91 Å². The van der Waals surface area contributed by atoms with Gasteiger partial charge in [-0.25, -0.2) is 0 Å². The maximum Gasteiger partial charge on any atom is 0.251 e. The van der Waals surface area contributed by atoms with Crippen molar-refractivity contribution in [1.29, 1.82) is 0 Å². The maximum absolute atomic E-state index is 12.4. The van der Waals surface area contributed by atoms with E-state index in [0.717, 1.165) is 32.5 Å². The lowest BCUT2D eigenvalue weighted by Crippen LogP contribution is -2.34. The van der Waals surface area contributed by atoms with E-state index in [0.29, 0.717) is 12.0 Å². The molecule has 1 aliphatic rings. The number of halogens is 2. The van der Waals surface area contributed by atoms with Gasteiger partial charge in [-0.05, 0) is 97.1 Å². The first-order chi connectivity index (χ1) is 18.9. The number of hydrogen-bond acceptors (Lipinski definition) is 5. The summed E-state index contributed by atoms with van der Waals surface area (Å²) in [6.07, 6.45) is 8.65.